The standard InChI is InChI=1S/C18H26FN3O2/c19-14-5-3-7-16(11-14)22-10-4-6-15(12-22)20-17(24)21-18(13-23)8-1-2-9-18/h3,5,7,11,15,23H,1-2,4,6,8-10,12-13H2,(H2,20,21,24). The van der Waals surface area contributed by atoms with E-state index in [0.29, 0.717) is 6.54 Å². The van der Waals surface area contributed by atoms with Crippen molar-refractivity contribution in [2.24, 2.45) is 0 Å². The van der Waals surface area contributed by atoms with Gasteiger partial charge in [0.05, 0.1) is 12.1 Å². The summed E-state index contributed by atoms with van der Waals surface area (Å²) in [5, 5.41) is 15.6. The molecular weight excluding hydrogens is 309 g/mol. The zero-order chi connectivity index (χ0) is 17.0. The van der Waals surface area contributed by atoms with Crippen LogP contribution in [0.1, 0.15) is 38.5 Å². The molecule has 1 saturated carbocycles. The van der Waals surface area contributed by atoms with Gasteiger partial charge in [0.25, 0.3) is 0 Å². The Morgan fingerprint density at radius 1 is 1.33 bits per heavy atom. The number of aliphatic hydroxyl groups is 1. The predicted molar refractivity (Wildman–Crippen MR) is 91.6 cm³/mol. The van der Waals surface area contributed by atoms with Crippen LogP contribution in [-0.4, -0.2) is 42.4 Å². The summed E-state index contributed by atoms with van der Waals surface area (Å²) < 4.78 is 13.4. The molecule has 2 aliphatic rings. The van der Waals surface area contributed by atoms with E-state index < -0.39 is 5.54 Å². The van der Waals surface area contributed by atoms with Crippen molar-refractivity contribution in [2.45, 2.75) is 50.1 Å². The SMILES string of the molecule is O=C(NC1CCCN(c2cccc(F)c2)C1)NC1(CO)CCCC1. The number of benzene rings is 1. The predicted octanol–water partition coefficient (Wildman–Crippen LogP) is 2.40. The van der Waals surface area contributed by atoms with Crippen molar-refractivity contribution in [3.05, 3.63) is 30.1 Å². The minimum atomic E-state index is -0.457. The van der Waals surface area contributed by atoms with Crippen molar-refractivity contribution in [1.82, 2.24) is 10.6 Å². The van der Waals surface area contributed by atoms with Crippen molar-refractivity contribution in [3.63, 3.8) is 0 Å². The van der Waals surface area contributed by atoms with Crippen LogP contribution in [0, 0.1) is 5.82 Å². The second kappa shape index (κ2) is 7.38. The lowest BCUT2D eigenvalue weighted by Crippen LogP contribution is -2.57. The maximum Gasteiger partial charge on any atom is 0.315 e. The van der Waals surface area contributed by atoms with Gasteiger partial charge in [-0.25, -0.2) is 9.18 Å². The number of amides is 2. The molecule has 24 heavy (non-hydrogen) atoms. The summed E-state index contributed by atoms with van der Waals surface area (Å²) in [5.74, 6) is -0.244. The van der Waals surface area contributed by atoms with Crippen LogP contribution < -0.4 is 15.5 Å². The fourth-order valence-electron chi connectivity index (χ4n) is 3.84. The average molecular weight is 335 g/mol. The molecule has 6 heteroatoms. The van der Waals surface area contributed by atoms with E-state index in [4.69, 9.17) is 0 Å². The Morgan fingerprint density at radius 2 is 2.12 bits per heavy atom. The number of hydrogen-bond acceptors (Lipinski definition) is 3. The minimum Gasteiger partial charge on any atom is -0.394 e. The molecule has 1 atom stereocenters. The zero-order valence-electron chi connectivity index (χ0n) is 13.9. The van der Waals surface area contributed by atoms with E-state index >= 15 is 0 Å². The van der Waals surface area contributed by atoms with Gasteiger partial charge < -0.3 is 20.6 Å². The number of carbonyl (C=O) groups is 1. The molecule has 1 heterocycles. The summed E-state index contributed by atoms with van der Waals surface area (Å²) in [6, 6.07) is 6.38. The molecule has 3 N–H and O–H groups in total. The molecular formula is C18H26FN3O2. The Morgan fingerprint density at radius 3 is 2.83 bits per heavy atom. The molecule has 2 amide bonds. The van der Waals surface area contributed by atoms with Gasteiger partial charge in [-0.05, 0) is 43.9 Å². The molecule has 1 aliphatic heterocycles. The number of halogens is 1. The summed E-state index contributed by atoms with van der Waals surface area (Å²) in [4.78, 5) is 14.4. The van der Waals surface area contributed by atoms with E-state index in [-0.39, 0.29) is 24.5 Å². The van der Waals surface area contributed by atoms with Crippen LogP contribution in [0.2, 0.25) is 0 Å². The fraction of sp³-hybridized carbons (Fsp3) is 0.611. The highest BCUT2D eigenvalue weighted by molar-refractivity contribution is 5.75. The third-order valence-corrected chi connectivity index (χ3v) is 5.17. The molecule has 1 unspecified atom stereocenters. The Bertz CT molecular complexity index is 575. The van der Waals surface area contributed by atoms with Gasteiger partial charge in [0.15, 0.2) is 0 Å². The number of nitrogens with zero attached hydrogens (tertiary/aromatic N) is 1. The van der Waals surface area contributed by atoms with Gasteiger partial charge in [0.1, 0.15) is 5.82 Å². The molecule has 1 aromatic rings. The van der Waals surface area contributed by atoms with E-state index in [0.717, 1.165) is 50.8 Å². The highest BCUT2D eigenvalue weighted by atomic mass is 19.1. The minimum absolute atomic E-state index is 0.0134. The summed E-state index contributed by atoms with van der Waals surface area (Å²) in [7, 11) is 0. The highest BCUT2D eigenvalue weighted by Gasteiger charge is 2.35. The van der Waals surface area contributed by atoms with Crippen LogP contribution >= 0.6 is 0 Å². The van der Waals surface area contributed by atoms with Crippen LogP contribution in [0.25, 0.3) is 0 Å². The van der Waals surface area contributed by atoms with Gasteiger partial charge in [-0.1, -0.05) is 18.9 Å². The number of anilines is 1. The summed E-state index contributed by atoms with van der Waals surface area (Å²) in [5.41, 5.74) is 0.394. The molecule has 1 saturated heterocycles. The number of nitrogens with one attached hydrogen (secondary N) is 2. The first kappa shape index (κ1) is 17.0. The maximum atomic E-state index is 13.4. The molecule has 1 aliphatic carbocycles. The van der Waals surface area contributed by atoms with Crippen LogP contribution in [0.5, 0.6) is 0 Å². The Balaban J connectivity index is 1.56. The second-order valence-corrected chi connectivity index (χ2v) is 7.01. The third-order valence-electron chi connectivity index (χ3n) is 5.17. The first-order chi connectivity index (χ1) is 11.6. The van der Waals surface area contributed by atoms with Crippen molar-refractivity contribution < 1.29 is 14.3 Å². The van der Waals surface area contributed by atoms with Crippen LogP contribution in [0.4, 0.5) is 14.9 Å². The number of hydrogen-bond donors (Lipinski definition) is 3. The normalized spacial score (nSPS) is 23.1. The maximum absolute atomic E-state index is 13.4. The number of piperidine rings is 1. The Kier molecular flexibility index (Phi) is 5.23. The summed E-state index contributed by atoms with van der Waals surface area (Å²) in [6.07, 6.45) is 5.60. The quantitative estimate of drug-likeness (QED) is 0.792. The van der Waals surface area contributed by atoms with Crippen molar-refractivity contribution in [2.75, 3.05) is 24.6 Å². The molecule has 0 aromatic heterocycles. The van der Waals surface area contributed by atoms with Gasteiger partial charge in [-0.15, -0.1) is 0 Å². The van der Waals surface area contributed by atoms with Crippen LogP contribution in [0.15, 0.2) is 24.3 Å². The van der Waals surface area contributed by atoms with Gasteiger partial charge in [-0.3, -0.25) is 0 Å². The van der Waals surface area contributed by atoms with Crippen molar-refractivity contribution in [1.29, 1.82) is 0 Å². The molecule has 2 fully saturated rings. The number of aliphatic hydroxyl groups excluding tert-OH is 1. The molecule has 0 bridgehead atoms. The molecule has 132 valence electrons. The number of carbonyl (C=O) groups excluding carboxylic acids is 1. The fourth-order valence-corrected chi connectivity index (χ4v) is 3.84. The molecule has 0 spiro atoms. The summed E-state index contributed by atoms with van der Waals surface area (Å²) in [6.45, 7) is 1.52. The monoisotopic (exact) mass is 335 g/mol. The van der Waals surface area contributed by atoms with Gasteiger partial charge >= 0.3 is 6.03 Å². The van der Waals surface area contributed by atoms with E-state index in [1.165, 1.54) is 12.1 Å². The second-order valence-electron chi connectivity index (χ2n) is 7.01. The van der Waals surface area contributed by atoms with Gasteiger partial charge in [0, 0.05) is 24.8 Å². The number of urea groups is 1. The third kappa shape index (κ3) is 3.98. The van der Waals surface area contributed by atoms with Crippen molar-refractivity contribution in [3.8, 4) is 0 Å². The van der Waals surface area contributed by atoms with E-state index in [1.54, 1.807) is 6.07 Å². The molecule has 5 nitrogen and oxygen atoms in total. The lowest BCUT2D eigenvalue weighted by molar-refractivity contribution is 0.161. The molecule has 1 aromatic carbocycles. The van der Waals surface area contributed by atoms with E-state index in [1.807, 2.05) is 6.07 Å². The lowest BCUT2D eigenvalue weighted by atomic mass is 9.99. The lowest BCUT2D eigenvalue weighted by Gasteiger charge is -2.36. The van der Waals surface area contributed by atoms with Gasteiger partial charge in [-0.2, -0.15) is 0 Å². The highest BCUT2D eigenvalue weighted by Crippen LogP contribution is 2.29. The van der Waals surface area contributed by atoms with Gasteiger partial charge in [0.2, 0.25) is 0 Å². The average Bonchev–Trinajstić information content (AvgIpc) is 3.04. The first-order valence-corrected chi connectivity index (χ1v) is 8.80. The topological polar surface area (TPSA) is 64.6 Å². The van der Waals surface area contributed by atoms with E-state index in [9.17, 15) is 14.3 Å². The largest absolute Gasteiger partial charge is 0.394 e. The van der Waals surface area contributed by atoms with Crippen LogP contribution in [0.3, 0.4) is 0 Å². The molecule has 3 rings (SSSR count). The van der Waals surface area contributed by atoms with Crippen LogP contribution in [-0.2, 0) is 0 Å². The van der Waals surface area contributed by atoms with Crippen molar-refractivity contribution >= 4 is 11.7 Å². The smallest absolute Gasteiger partial charge is 0.315 e. The molecule has 0 radical (unpaired) electrons. The zero-order valence-corrected chi connectivity index (χ0v) is 13.9. The van der Waals surface area contributed by atoms with E-state index in [2.05, 4.69) is 15.5 Å². The first-order valence-electron chi connectivity index (χ1n) is 8.80. The number of rotatable bonds is 4. The Labute approximate surface area is 142 Å². The Hall–Kier alpha value is -1.82. The summed E-state index contributed by atoms with van der Waals surface area (Å²) >= 11 is 0.